The highest BCUT2D eigenvalue weighted by atomic mass is 32.1. The lowest BCUT2D eigenvalue weighted by Gasteiger charge is -2.10. The molecule has 30 heavy (non-hydrogen) atoms. The van der Waals surface area contributed by atoms with Crippen molar-refractivity contribution in [2.45, 2.75) is 20.4 Å². The van der Waals surface area contributed by atoms with Gasteiger partial charge in [-0.3, -0.25) is 4.79 Å². The molecule has 5 nitrogen and oxygen atoms in total. The second kappa shape index (κ2) is 8.77. The van der Waals surface area contributed by atoms with Gasteiger partial charge in [0, 0.05) is 39.8 Å². The fraction of sp³-hybridized carbons (Fsp3) is 0.174. The van der Waals surface area contributed by atoms with Crippen LogP contribution in [-0.4, -0.2) is 27.9 Å². The van der Waals surface area contributed by atoms with Crippen molar-refractivity contribution < 1.29 is 14.3 Å². The predicted octanol–water partition coefficient (Wildman–Crippen LogP) is 5.38. The molecule has 0 aliphatic rings. The maximum absolute atomic E-state index is 12.7. The van der Waals surface area contributed by atoms with Crippen molar-refractivity contribution >= 4 is 34.4 Å². The number of thiophene rings is 1. The van der Waals surface area contributed by atoms with E-state index >= 15 is 0 Å². The third kappa shape index (κ3) is 4.27. The smallest absolute Gasteiger partial charge is 0.358 e. The molecule has 0 radical (unpaired) electrons. The lowest BCUT2D eigenvalue weighted by atomic mass is 10.1. The maximum Gasteiger partial charge on any atom is 0.358 e. The number of hydrogen-bond acceptors (Lipinski definition) is 6. The third-order valence-corrected chi connectivity index (χ3v) is 6.45. The number of aromatic nitrogens is 2. The molecule has 1 aromatic carbocycles. The number of carbonyl (C=O) groups excluding carboxylic acids is 2. The molecule has 0 unspecified atom stereocenters. The van der Waals surface area contributed by atoms with Gasteiger partial charge in [-0.2, -0.15) is 11.3 Å². The zero-order valence-electron chi connectivity index (χ0n) is 16.6. The first-order valence-electron chi connectivity index (χ1n) is 9.42. The number of aryl methyl sites for hydroxylation is 1. The van der Waals surface area contributed by atoms with Crippen LogP contribution >= 0.6 is 22.7 Å². The summed E-state index contributed by atoms with van der Waals surface area (Å²) < 4.78 is 7.34. The summed E-state index contributed by atoms with van der Waals surface area (Å²) in [5, 5.41) is 6.36. The van der Waals surface area contributed by atoms with Crippen LogP contribution in [0.3, 0.4) is 0 Å². The normalized spacial score (nSPS) is 10.9. The van der Waals surface area contributed by atoms with E-state index in [-0.39, 0.29) is 18.1 Å². The third-order valence-electron chi connectivity index (χ3n) is 4.87. The monoisotopic (exact) mass is 436 g/mol. The van der Waals surface area contributed by atoms with Crippen molar-refractivity contribution in [3.63, 3.8) is 0 Å². The summed E-state index contributed by atoms with van der Waals surface area (Å²) in [6.45, 7) is 4.27. The van der Waals surface area contributed by atoms with E-state index in [9.17, 15) is 9.59 Å². The molecule has 7 heteroatoms. The zero-order valence-corrected chi connectivity index (χ0v) is 18.3. The number of nitrogens with zero attached hydrogens (tertiary/aromatic N) is 2. The Labute approximate surface area is 182 Å². The number of ether oxygens (including phenoxy) is 1. The summed E-state index contributed by atoms with van der Waals surface area (Å²) in [4.78, 5) is 29.4. The van der Waals surface area contributed by atoms with Crippen molar-refractivity contribution in [2.75, 3.05) is 6.61 Å². The van der Waals surface area contributed by atoms with E-state index in [1.54, 1.807) is 16.7 Å². The minimum Gasteiger partial charge on any atom is -0.453 e. The minimum absolute atomic E-state index is 0.218. The highest BCUT2D eigenvalue weighted by Gasteiger charge is 2.19. The molecule has 0 fully saturated rings. The zero-order chi connectivity index (χ0) is 21.1. The molecular weight excluding hydrogens is 416 g/mol. The van der Waals surface area contributed by atoms with Gasteiger partial charge in [-0.25, -0.2) is 9.78 Å². The van der Waals surface area contributed by atoms with Crippen LogP contribution < -0.4 is 0 Å². The van der Waals surface area contributed by atoms with Crippen molar-refractivity contribution in [1.29, 1.82) is 0 Å². The Kier molecular flexibility index (Phi) is 5.92. The second-order valence-corrected chi connectivity index (χ2v) is 8.54. The number of hydrogen-bond donors (Lipinski definition) is 0. The van der Waals surface area contributed by atoms with Crippen LogP contribution in [-0.2, 0) is 11.3 Å². The van der Waals surface area contributed by atoms with E-state index in [0.717, 1.165) is 27.5 Å². The molecule has 0 N–H and O–H groups in total. The number of benzene rings is 1. The van der Waals surface area contributed by atoms with Crippen LogP contribution in [0, 0.1) is 13.8 Å². The molecule has 0 amide bonds. The first-order chi connectivity index (χ1) is 14.5. The van der Waals surface area contributed by atoms with E-state index in [4.69, 9.17) is 4.74 Å². The molecule has 4 aromatic rings. The van der Waals surface area contributed by atoms with Gasteiger partial charge in [0.05, 0.1) is 0 Å². The van der Waals surface area contributed by atoms with Gasteiger partial charge in [-0.15, -0.1) is 11.3 Å². The van der Waals surface area contributed by atoms with Crippen molar-refractivity contribution in [3.8, 4) is 10.6 Å². The van der Waals surface area contributed by atoms with Crippen LogP contribution in [0.15, 0.2) is 58.6 Å². The maximum atomic E-state index is 12.7. The average molecular weight is 437 g/mol. The summed E-state index contributed by atoms with van der Waals surface area (Å²) in [5.74, 6) is -0.803. The molecule has 3 aromatic heterocycles. The molecule has 0 aliphatic heterocycles. The lowest BCUT2D eigenvalue weighted by Crippen LogP contribution is -2.15. The standard InChI is InChI=1S/C23H20N2O3S2/c1-15-10-19(16(2)25(15)11-17-6-4-3-5-7-17)21(26)12-28-23(27)20-14-30-22(24-20)18-8-9-29-13-18/h3-10,13-14H,11-12H2,1-2H3. The largest absolute Gasteiger partial charge is 0.453 e. The van der Waals surface area contributed by atoms with Gasteiger partial charge in [-0.1, -0.05) is 30.3 Å². The number of thiazole rings is 1. The number of ketones is 1. The van der Waals surface area contributed by atoms with Crippen LogP contribution in [0.5, 0.6) is 0 Å². The predicted molar refractivity (Wildman–Crippen MR) is 119 cm³/mol. The highest BCUT2D eigenvalue weighted by Crippen LogP contribution is 2.26. The Morgan fingerprint density at radius 2 is 1.90 bits per heavy atom. The second-order valence-electron chi connectivity index (χ2n) is 6.91. The Morgan fingerprint density at radius 1 is 1.10 bits per heavy atom. The average Bonchev–Trinajstić information content (AvgIpc) is 3.50. The van der Waals surface area contributed by atoms with Gasteiger partial charge in [-0.05, 0) is 36.9 Å². The fourth-order valence-electron chi connectivity index (χ4n) is 3.26. The Morgan fingerprint density at radius 3 is 2.63 bits per heavy atom. The van der Waals surface area contributed by atoms with Crippen molar-refractivity contribution in [3.05, 3.63) is 86.8 Å². The van der Waals surface area contributed by atoms with Crippen LogP contribution in [0.25, 0.3) is 10.6 Å². The van der Waals surface area contributed by atoms with Gasteiger partial charge in [0.2, 0.25) is 5.78 Å². The van der Waals surface area contributed by atoms with E-state index in [1.165, 1.54) is 11.3 Å². The first-order valence-corrected chi connectivity index (χ1v) is 11.2. The van der Waals surface area contributed by atoms with Gasteiger partial charge >= 0.3 is 5.97 Å². The van der Waals surface area contributed by atoms with Gasteiger partial charge in [0.1, 0.15) is 5.01 Å². The summed E-state index contributed by atoms with van der Waals surface area (Å²) in [6, 6.07) is 13.9. The summed E-state index contributed by atoms with van der Waals surface area (Å²) in [5.41, 5.74) is 4.80. The lowest BCUT2D eigenvalue weighted by molar-refractivity contribution is 0.0469. The summed E-state index contributed by atoms with van der Waals surface area (Å²) >= 11 is 2.95. The van der Waals surface area contributed by atoms with E-state index in [0.29, 0.717) is 12.1 Å². The van der Waals surface area contributed by atoms with Gasteiger partial charge in [0.25, 0.3) is 0 Å². The number of carbonyl (C=O) groups is 2. The Bertz CT molecular complexity index is 1170. The molecule has 4 rings (SSSR count). The van der Waals surface area contributed by atoms with E-state index in [1.807, 2.05) is 54.9 Å². The molecule has 0 spiro atoms. The van der Waals surface area contributed by atoms with Crippen LogP contribution in [0.1, 0.15) is 37.8 Å². The molecule has 3 heterocycles. The molecule has 0 atom stereocenters. The van der Waals surface area contributed by atoms with Crippen LogP contribution in [0.2, 0.25) is 0 Å². The Balaban J connectivity index is 1.42. The van der Waals surface area contributed by atoms with Crippen molar-refractivity contribution in [2.24, 2.45) is 0 Å². The van der Waals surface area contributed by atoms with Gasteiger partial charge in [0.15, 0.2) is 12.3 Å². The topological polar surface area (TPSA) is 61.2 Å². The molecule has 152 valence electrons. The molecule has 0 aliphatic carbocycles. The van der Waals surface area contributed by atoms with Crippen molar-refractivity contribution in [1.82, 2.24) is 9.55 Å². The summed E-state index contributed by atoms with van der Waals surface area (Å²) in [7, 11) is 0. The van der Waals surface area contributed by atoms with E-state index < -0.39 is 5.97 Å². The number of rotatable bonds is 7. The molecule has 0 saturated carbocycles. The first kappa shape index (κ1) is 20.3. The van der Waals surface area contributed by atoms with Gasteiger partial charge < -0.3 is 9.30 Å². The number of esters is 1. The molecular formula is C23H20N2O3S2. The fourth-order valence-corrected chi connectivity index (χ4v) is 4.76. The number of Topliss-reactive ketones (excluding diaryl/α,β-unsaturated/α-hetero) is 1. The highest BCUT2D eigenvalue weighted by molar-refractivity contribution is 7.14. The SMILES string of the molecule is Cc1cc(C(=O)COC(=O)c2csc(-c3ccsc3)n2)c(C)n1Cc1ccccc1. The quantitative estimate of drug-likeness (QED) is 0.288. The summed E-state index contributed by atoms with van der Waals surface area (Å²) in [6.07, 6.45) is 0. The molecule has 0 saturated heterocycles. The Hall–Kier alpha value is -3.03. The minimum atomic E-state index is -0.584. The van der Waals surface area contributed by atoms with E-state index in [2.05, 4.69) is 21.7 Å². The van der Waals surface area contributed by atoms with Crippen LogP contribution in [0.4, 0.5) is 0 Å². The molecule has 0 bridgehead atoms.